The lowest BCUT2D eigenvalue weighted by atomic mass is 10.0. The number of hydrogen-bond acceptors (Lipinski definition) is 7. The van der Waals surface area contributed by atoms with Gasteiger partial charge in [0.05, 0.1) is 18.0 Å². The zero-order valence-electron chi connectivity index (χ0n) is 26.4. The average molecular weight is 690 g/mol. The lowest BCUT2D eigenvalue weighted by Crippen LogP contribution is -2.57. The Balaban J connectivity index is 1.73. The Kier molecular flexibility index (Phi) is 10.5. The van der Waals surface area contributed by atoms with E-state index in [1.807, 2.05) is 18.7 Å². The Morgan fingerprint density at radius 3 is 2.25 bits per heavy atom. The first-order chi connectivity index (χ1) is 22.3. The van der Waals surface area contributed by atoms with Crippen molar-refractivity contribution >= 4 is 28.4 Å². The van der Waals surface area contributed by atoms with Crippen LogP contribution in [0.3, 0.4) is 0 Å². The molecule has 3 aromatic rings. The van der Waals surface area contributed by atoms with Gasteiger partial charge in [0.2, 0.25) is 11.3 Å². The Labute approximate surface area is 270 Å². The van der Waals surface area contributed by atoms with E-state index in [0.29, 0.717) is 22.2 Å². The summed E-state index contributed by atoms with van der Waals surface area (Å²) in [4.78, 5) is 41.7. The van der Waals surface area contributed by atoms with E-state index in [1.165, 1.54) is 13.0 Å². The van der Waals surface area contributed by atoms with Crippen LogP contribution in [-0.2, 0) is 17.9 Å². The number of ether oxygens (including phenoxy) is 2. The van der Waals surface area contributed by atoms with Crippen LogP contribution >= 0.6 is 0 Å². The lowest BCUT2D eigenvalue weighted by Gasteiger charge is -2.45. The summed E-state index contributed by atoms with van der Waals surface area (Å²) in [5.41, 5.74) is 3.60. The maximum absolute atomic E-state index is 15.9. The molecule has 1 aliphatic heterocycles. The Morgan fingerprint density at radius 1 is 1.06 bits per heavy atom. The van der Waals surface area contributed by atoms with E-state index in [2.05, 4.69) is 10.1 Å². The van der Waals surface area contributed by atoms with Crippen molar-refractivity contribution in [1.29, 1.82) is 0 Å². The molecule has 17 heteroatoms. The molecule has 1 aliphatic rings. The van der Waals surface area contributed by atoms with Crippen LogP contribution in [0.15, 0.2) is 35.3 Å². The highest BCUT2D eigenvalue weighted by Crippen LogP contribution is 2.40. The Morgan fingerprint density at radius 2 is 1.71 bits per heavy atom. The van der Waals surface area contributed by atoms with Crippen molar-refractivity contribution in [1.82, 2.24) is 14.8 Å². The SMILES string of the molecule is COc1c(N2CC(C)N(CCC(N)=O)C(C)C2)c(F)cc2c(=O)c(C(=O)NCc3ccc(OC(F)(F)F)cc3C)cn(CC(F)(F)F)c12. The summed E-state index contributed by atoms with van der Waals surface area (Å²) in [5, 5.41) is 1.86. The van der Waals surface area contributed by atoms with Gasteiger partial charge in [-0.3, -0.25) is 19.3 Å². The number of aryl methyl sites for hydroxylation is 1. The Bertz CT molecular complexity index is 1750. The minimum atomic E-state index is -4.92. The van der Waals surface area contributed by atoms with Crippen LogP contribution in [0.25, 0.3) is 10.9 Å². The van der Waals surface area contributed by atoms with Gasteiger partial charge in [-0.1, -0.05) is 6.07 Å². The number of carbonyl (C=O) groups is 2. The van der Waals surface area contributed by atoms with Gasteiger partial charge in [0.1, 0.15) is 23.5 Å². The van der Waals surface area contributed by atoms with Crippen LogP contribution in [-0.4, -0.2) is 72.6 Å². The van der Waals surface area contributed by atoms with E-state index >= 15 is 4.39 Å². The molecule has 4 rings (SSSR count). The fraction of sp³-hybridized carbons (Fsp3) is 0.452. The Hall–Kier alpha value is -4.54. The first-order valence-corrected chi connectivity index (χ1v) is 14.7. The summed E-state index contributed by atoms with van der Waals surface area (Å²) in [6.07, 6.45) is -8.93. The van der Waals surface area contributed by atoms with Crippen molar-refractivity contribution in [3.05, 3.63) is 63.2 Å². The van der Waals surface area contributed by atoms with Gasteiger partial charge in [-0.25, -0.2) is 4.39 Å². The summed E-state index contributed by atoms with van der Waals surface area (Å²) in [7, 11) is 1.13. The first-order valence-electron chi connectivity index (χ1n) is 14.7. The zero-order chi connectivity index (χ0) is 35.7. The zero-order valence-corrected chi connectivity index (χ0v) is 26.4. The van der Waals surface area contributed by atoms with Crippen molar-refractivity contribution in [2.24, 2.45) is 5.73 Å². The van der Waals surface area contributed by atoms with Crippen LogP contribution in [0.2, 0.25) is 0 Å². The highest BCUT2D eigenvalue weighted by molar-refractivity contribution is 5.99. The number of primary amides is 1. The van der Waals surface area contributed by atoms with Crippen molar-refractivity contribution in [2.75, 3.05) is 31.6 Å². The third-order valence-corrected chi connectivity index (χ3v) is 8.06. The normalized spacial score (nSPS) is 17.4. The van der Waals surface area contributed by atoms with Gasteiger partial charge in [0, 0.05) is 50.9 Å². The molecular weight excluding hydrogens is 655 g/mol. The molecule has 10 nitrogen and oxygen atoms in total. The molecule has 262 valence electrons. The summed E-state index contributed by atoms with van der Waals surface area (Å²) in [6, 6.07) is 3.67. The van der Waals surface area contributed by atoms with E-state index < -0.39 is 58.8 Å². The molecule has 1 fully saturated rings. The maximum atomic E-state index is 15.9. The van der Waals surface area contributed by atoms with Crippen molar-refractivity contribution in [2.45, 2.75) is 64.9 Å². The number of anilines is 1. The number of carbonyl (C=O) groups excluding carboxylic acids is 2. The number of piperazine rings is 1. The molecule has 2 amide bonds. The van der Waals surface area contributed by atoms with Gasteiger partial charge in [-0.05, 0) is 50.1 Å². The number of benzene rings is 2. The number of rotatable bonds is 10. The van der Waals surface area contributed by atoms with Crippen LogP contribution in [0, 0.1) is 12.7 Å². The van der Waals surface area contributed by atoms with E-state index in [4.69, 9.17) is 10.5 Å². The molecular formula is C31H34F7N5O5. The van der Waals surface area contributed by atoms with Gasteiger partial charge >= 0.3 is 12.5 Å². The third kappa shape index (κ3) is 8.29. The number of fused-ring (bicyclic) bond motifs is 1. The quantitative estimate of drug-likeness (QED) is 0.299. The fourth-order valence-corrected chi connectivity index (χ4v) is 6.01. The number of alkyl halides is 6. The van der Waals surface area contributed by atoms with Crippen molar-refractivity contribution in [3.63, 3.8) is 0 Å². The fourth-order valence-electron chi connectivity index (χ4n) is 6.01. The highest BCUT2D eigenvalue weighted by Gasteiger charge is 2.36. The second-order valence-corrected chi connectivity index (χ2v) is 11.6. The highest BCUT2D eigenvalue weighted by atomic mass is 19.4. The molecule has 2 unspecified atom stereocenters. The van der Waals surface area contributed by atoms with Gasteiger partial charge in [0.15, 0.2) is 11.6 Å². The largest absolute Gasteiger partial charge is 0.573 e. The first kappa shape index (κ1) is 36.3. The van der Waals surface area contributed by atoms with E-state index in [9.17, 15) is 40.7 Å². The van der Waals surface area contributed by atoms with Gasteiger partial charge < -0.3 is 30.0 Å². The number of pyridine rings is 1. The molecule has 2 heterocycles. The smallest absolute Gasteiger partial charge is 0.492 e. The second kappa shape index (κ2) is 13.9. The van der Waals surface area contributed by atoms with E-state index in [1.54, 1.807) is 4.90 Å². The second-order valence-electron chi connectivity index (χ2n) is 11.6. The monoisotopic (exact) mass is 689 g/mol. The minimum absolute atomic E-state index is 0.102. The van der Waals surface area contributed by atoms with Crippen LogP contribution in [0.4, 0.5) is 36.4 Å². The number of nitrogens with zero attached hydrogens (tertiary/aromatic N) is 3. The number of aromatic nitrogens is 1. The number of amides is 2. The number of nitrogens with one attached hydrogen (secondary N) is 1. The predicted molar refractivity (Wildman–Crippen MR) is 161 cm³/mol. The summed E-state index contributed by atoms with van der Waals surface area (Å²) < 4.78 is 105. The van der Waals surface area contributed by atoms with Crippen LogP contribution < -0.4 is 30.9 Å². The lowest BCUT2D eigenvalue weighted by molar-refractivity contribution is -0.274. The molecule has 0 bridgehead atoms. The number of halogens is 7. The van der Waals surface area contributed by atoms with Crippen LogP contribution in [0.5, 0.6) is 11.5 Å². The molecule has 3 N–H and O–H groups in total. The third-order valence-electron chi connectivity index (χ3n) is 8.06. The van der Waals surface area contributed by atoms with Crippen molar-refractivity contribution < 1.29 is 49.8 Å². The molecule has 0 spiro atoms. The topological polar surface area (TPSA) is 119 Å². The van der Waals surface area contributed by atoms with Crippen LogP contribution in [0.1, 0.15) is 41.8 Å². The van der Waals surface area contributed by atoms with Gasteiger partial charge in [-0.2, -0.15) is 13.2 Å². The average Bonchev–Trinajstić information content (AvgIpc) is 2.95. The molecule has 1 aromatic heterocycles. The maximum Gasteiger partial charge on any atom is 0.573 e. The molecule has 0 radical (unpaired) electrons. The number of nitrogens with two attached hydrogens (primary N) is 1. The number of methoxy groups -OCH3 is 1. The molecule has 0 aliphatic carbocycles. The molecule has 1 saturated heterocycles. The predicted octanol–water partition coefficient (Wildman–Crippen LogP) is 4.62. The number of hydrogen-bond donors (Lipinski definition) is 2. The summed E-state index contributed by atoms with van der Waals surface area (Å²) >= 11 is 0. The van der Waals surface area contributed by atoms with Crippen molar-refractivity contribution in [3.8, 4) is 11.5 Å². The summed E-state index contributed by atoms with van der Waals surface area (Å²) in [6.45, 7) is 3.94. The molecule has 2 aromatic carbocycles. The summed E-state index contributed by atoms with van der Waals surface area (Å²) in [5.74, 6) is -3.37. The standard InChI is InChI=1S/C31H34F7N5O5/c1-16-9-20(48-31(36,37)38)6-5-19(16)11-40-29(46)22-14-42(15-30(33,34)35)25-21(27(22)45)10-23(32)26(28(25)47-4)41-12-17(2)43(18(3)13-41)8-7-24(39)44/h5-6,9-10,14,17-18H,7-8,11-13,15H2,1-4H3,(H2,39,44)(H,40,46). The van der Waals surface area contributed by atoms with E-state index in [0.717, 1.165) is 31.5 Å². The molecule has 0 saturated carbocycles. The molecule has 2 atom stereocenters. The minimum Gasteiger partial charge on any atom is -0.492 e. The van der Waals surface area contributed by atoms with Gasteiger partial charge in [0.25, 0.3) is 5.91 Å². The molecule has 48 heavy (non-hydrogen) atoms. The van der Waals surface area contributed by atoms with E-state index in [-0.39, 0.29) is 55.1 Å². The van der Waals surface area contributed by atoms with Gasteiger partial charge in [-0.15, -0.1) is 13.2 Å².